The maximum Gasteiger partial charge on any atom is 0.328 e. The average Bonchev–Trinajstić information content (AvgIpc) is 3.30. The van der Waals surface area contributed by atoms with Crippen molar-refractivity contribution in [3.05, 3.63) is 28.9 Å². The van der Waals surface area contributed by atoms with Gasteiger partial charge in [-0.15, -0.1) is 0 Å². The Morgan fingerprint density at radius 2 is 2.00 bits per heavy atom. The number of hydrogen-bond donors (Lipinski definition) is 1. The number of aromatic nitrogens is 1. The number of esters is 1. The first kappa shape index (κ1) is 24.0. The maximum absolute atomic E-state index is 12.8. The number of ether oxygens (including phenoxy) is 1. The molecule has 1 heterocycles. The van der Waals surface area contributed by atoms with E-state index in [2.05, 4.69) is 24.1 Å². The molecule has 1 aromatic heterocycles. The topological polar surface area (TPSA) is 85.4 Å². The van der Waals surface area contributed by atoms with E-state index in [9.17, 15) is 13.2 Å². The summed E-state index contributed by atoms with van der Waals surface area (Å²) in [6.07, 6.45) is 5.86. The Hall–Kier alpha value is -1.64. The minimum atomic E-state index is -3.45. The summed E-state index contributed by atoms with van der Waals surface area (Å²) in [5, 5.41) is 4.06. The highest BCUT2D eigenvalue weighted by Gasteiger charge is 2.27. The van der Waals surface area contributed by atoms with Gasteiger partial charge in [-0.25, -0.2) is 18.2 Å². The molecule has 0 radical (unpaired) electrons. The molecule has 31 heavy (non-hydrogen) atoms. The SMILES string of the molecule is Cc1nc(N[C@H](CC(C)C)C(=O)OC2CCCC2)sc1-c1ccc(Cl)c(S(C)(=O)=O)c1. The highest BCUT2D eigenvalue weighted by atomic mass is 35.5. The number of hydrogen-bond acceptors (Lipinski definition) is 7. The zero-order chi connectivity index (χ0) is 22.8. The predicted octanol–water partition coefficient (Wildman–Crippen LogP) is 5.49. The Labute approximate surface area is 193 Å². The van der Waals surface area contributed by atoms with Gasteiger partial charge in [-0.3, -0.25) is 0 Å². The Kier molecular flexibility index (Phi) is 7.65. The van der Waals surface area contributed by atoms with E-state index >= 15 is 0 Å². The van der Waals surface area contributed by atoms with Gasteiger partial charge >= 0.3 is 5.97 Å². The number of aryl methyl sites for hydroxylation is 1. The van der Waals surface area contributed by atoms with E-state index in [0.717, 1.165) is 48.1 Å². The van der Waals surface area contributed by atoms with Crippen molar-refractivity contribution in [3.63, 3.8) is 0 Å². The van der Waals surface area contributed by atoms with Gasteiger partial charge in [0.15, 0.2) is 15.0 Å². The third-order valence-electron chi connectivity index (χ3n) is 5.26. The molecule has 0 unspecified atom stereocenters. The largest absolute Gasteiger partial charge is 0.461 e. The third-order valence-corrected chi connectivity index (χ3v) is 7.98. The highest BCUT2D eigenvalue weighted by molar-refractivity contribution is 7.90. The van der Waals surface area contributed by atoms with Gasteiger partial charge in [0.1, 0.15) is 12.1 Å². The molecule has 0 amide bonds. The van der Waals surface area contributed by atoms with E-state index in [1.807, 2.05) is 6.92 Å². The highest BCUT2D eigenvalue weighted by Crippen LogP contribution is 2.36. The number of nitrogens with zero attached hydrogens (tertiary/aromatic N) is 1. The second kappa shape index (κ2) is 9.88. The molecule has 6 nitrogen and oxygen atoms in total. The van der Waals surface area contributed by atoms with Crippen LogP contribution in [0.15, 0.2) is 23.1 Å². The number of rotatable bonds is 8. The molecule has 1 fully saturated rings. The van der Waals surface area contributed by atoms with E-state index in [-0.39, 0.29) is 22.0 Å². The van der Waals surface area contributed by atoms with Gasteiger partial charge < -0.3 is 10.1 Å². The maximum atomic E-state index is 12.8. The molecular formula is C22H29ClN2O4S2. The van der Waals surface area contributed by atoms with Crippen LogP contribution in [0.5, 0.6) is 0 Å². The lowest BCUT2D eigenvalue weighted by molar-refractivity contribution is -0.150. The van der Waals surface area contributed by atoms with E-state index in [4.69, 9.17) is 16.3 Å². The molecule has 1 atom stereocenters. The lowest BCUT2D eigenvalue weighted by atomic mass is 10.0. The average molecular weight is 485 g/mol. The van der Waals surface area contributed by atoms with E-state index in [1.54, 1.807) is 18.2 Å². The molecule has 170 valence electrons. The summed E-state index contributed by atoms with van der Waals surface area (Å²) in [5.74, 6) is 0.0728. The normalized spacial score (nSPS) is 15.9. The fourth-order valence-electron chi connectivity index (χ4n) is 3.74. The van der Waals surface area contributed by atoms with Crippen molar-refractivity contribution in [2.75, 3.05) is 11.6 Å². The predicted molar refractivity (Wildman–Crippen MR) is 126 cm³/mol. The summed E-state index contributed by atoms with van der Waals surface area (Å²) in [6, 6.07) is 4.46. The van der Waals surface area contributed by atoms with E-state index < -0.39 is 15.9 Å². The number of sulfone groups is 1. The molecule has 1 aliphatic rings. The molecule has 1 aliphatic carbocycles. The number of halogens is 1. The Balaban J connectivity index is 1.83. The van der Waals surface area contributed by atoms with Crippen LogP contribution in [0.2, 0.25) is 5.02 Å². The molecule has 9 heteroatoms. The van der Waals surface area contributed by atoms with Crippen LogP contribution in [-0.4, -0.2) is 37.8 Å². The smallest absolute Gasteiger partial charge is 0.328 e. The van der Waals surface area contributed by atoms with E-state index in [1.165, 1.54) is 11.3 Å². The van der Waals surface area contributed by atoms with Crippen molar-refractivity contribution >= 4 is 43.9 Å². The molecule has 3 rings (SSSR count). The number of nitrogens with one attached hydrogen (secondary N) is 1. The fourth-order valence-corrected chi connectivity index (χ4v) is 6.06. The molecule has 2 aromatic rings. The zero-order valence-corrected chi connectivity index (χ0v) is 20.7. The monoisotopic (exact) mass is 484 g/mol. The van der Waals surface area contributed by atoms with Crippen molar-refractivity contribution < 1.29 is 17.9 Å². The van der Waals surface area contributed by atoms with Crippen LogP contribution in [0.4, 0.5) is 5.13 Å². The van der Waals surface area contributed by atoms with Crippen molar-refractivity contribution in [1.82, 2.24) is 4.98 Å². The number of carbonyl (C=O) groups excluding carboxylic acids is 1. The van der Waals surface area contributed by atoms with Crippen molar-refractivity contribution in [2.45, 2.75) is 69.9 Å². The summed E-state index contributed by atoms with van der Waals surface area (Å²) in [6.45, 7) is 5.99. The second-order valence-electron chi connectivity index (χ2n) is 8.52. The van der Waals surface area contributed by atoms with Crippen molar-refractivity contribution in [2.24, 2.45) is 5.92 Å². The third kappa shape index (κ3) is 6.20. The summed E-state index contributed by atoms with van der Waals surface area (Å²) < 4.78 is 29.8. The summed E-state index contributed by atoms with van der Waals surface area (Å²) in [7, 11) is -3.45. The summed E-state index contributed by atoms with van der Waals surface area (Å²) in [5.41, 5.74) is 1.48. The summed E-state index contributed by atoms with van der Waals surface area (Å²) in [4.78, 5) is 18.3. The lowest BCUT2D eigenvalue weighted by Gasteiger charge is -2.21. The first-order valence-electron chi connectivity index (χ1n) is 10.5. The standard InChI is InChI=1S/C22H29ClN2O4S2/c1-13(2)11-18(21(26)29-16-7-5-6-8-16)25-22-24-14(3)20(30-22)15-9-10-17(23)19(12-15)31(4,27)28/h9-10,12-13,16,18H,5-8,11H2,1-4H3,(H,24,25)/t18-/m1/s1. The number of benzene rings is 1. The van der Waals surface area contributed by atoms with Crippen LogP contribution >= 0.6 is 22.9 Å². The quantitative estimate of drug-likeness (QED) is 0.499. The fraction of sp³-hybridized carbons (Fsp3) is 0.545. The van der Waals surface area contributed by atoms with Gasteiger partial charge in [-0.2, -0.15) is 0 Å². The van der Waals surface area contributed by atoms with Gasteiger partial charge in [0.05, 0.1) is 20.5 Å². The lowest BCUT2D eigenvalue weighted by Crippen LogP contribution is -2.34. The van der Waals surface area contributed by atoms with Crippen molar-refractivity contribution in [1.29, 1.82) is 0 Å². The van der Waals surface area contributed by atoms with Crippen LogP contribution in [0.25, 0.3) is 10.4 Å². The molecule has 0 aliphatic heterocycles. The molecule has 1 aromatic carbocycles. The van der Waals surface area contributed by atoms with Crippen LogP contribution in [0.1, 0.15) is 51.6 Å². The Bertz CT molecular complexity index is 1040. The van der Waals surface area contributed by atoms with Gasteiger partial charge in [0.2, 0.25) is 0 Å². The number of anilines is 1. The second-order valence-corrected chi connectivity index (χ2v) is 11.9. The van der Waals surface area contributed by atoms with Gasteiger partial charge in [0, 0.05) is 6.26 Å². The Morgan fingerprint density at radius 1 is 1.32 bits per heavy atom. The summed E-state index contributed by atoms with van der Waals surface area (Å²) >= 11 is 7.47. The van der Waals surface area contributed by atoms with Crippen LogP contribution in [-0.2, 0) is 19.4 Å². The van der Waals surface area contributed by atoms with Gasteiger partial charge in [-0.1, -0.05) is 42.9 Å². The minimum absolute atomic E-state index is 0.0148. The van der Waals surface area contributed by atoms with Crippen LogP contribution < -0.4 is 5.32 Å². The minimum Gasteiger partial charge on any atom is -0.461 e. The number of thiazole rings is 1. The van der Waals surface area contributed by atoms with Crippen molar-refractivity contribution in [3.8, 4) is 10.4 Å². The zero-order valence-electron chi connectivity index (χ0n) is 18.3. The molecule has 0 spiro atoms. The van der Waals surface area contributed by atoms with Crippen LogP contribution in [0, 0.1) is 12.8 Å². The van der Waals surface area contributed by atoms with Gasteiger partial charge in [0.25, 0.3) is 0 Å². The number of carbonyl (C=O) groups is 1. The molecule has 0 saturated heterocycles. The molecular weight excluding hydrogens is 456 g/mol. The van der Waals surface area contributed by atoms with Gasteiger partial charge in [-0.05, 0) is 62.6 Å². The first-order valence-corrected chi connectivity index (χ1v) is 13.6. The first-order chi connectivity index (χ1) is 14.5. The molecule has 1 saturated carbocycles. The molecule has 1 N–H and O–H groups in total. The molecule has 0 bridgehead atoms. The van der Waals surface area contributed by atoms with Crippen LogP contribution in [0.3, 0.4) is 0 Å². The Morgan fingerprint density at radius 3 is 2.61 bits per heavy atom. The van der Waals surface area contributed by atoms with E-state index in [0.29, 0.717) is 17.5 Å².